The Labute approximate surface area is 142 Å². The van der Waals surface area contributed by atoms with Crippen LogP contribution in [0.2, 0.25) is 0 Å². The van der Waals surface area contributed by atoms with Gasteiger partial charge in [0.05, 0.1) is 5.92 Å². The highest BCUT2D eigenvalue weighted by molar-refractivity contribution is 9.10. The summed E-state index contributed by atoms with van der Waals surface area (Å²) in [6.45, 7) is 4.62. The van der Waals surface area contributed by atoms with Crippen molar-refractivity contribution in [2.75, 3.05) is 13.1 Å². The van der Waals surface area contributed by atoms with E-state index in [0.717, 1.165) is 15.4 Å². The third-order valence-electron chi connectivity index (χ3n) is 4.39. The molecular formula is C17H18BrNO4. The van der Waals surface area contributed by atoms with Crippen LogP contribution in [0, 0.1) is 18.8 Å². The lowest BCUT2D eigenvalue weighted by atomic mass is 9.90. The van der Waals surface area contributed by atoms with Crippen LogP contribution < -0.4 is 0 Å². The maximum absolute atomic E-state index is 12.8. The first-order valence-electron chi connectivity index (χ1n) is 7.57. The maximum Gasteiger partial charge on any atom is 0.308 e. The van der Waals surface area contributed by atoms with E-state index in [4.69, 9.17) is 4.42 Å². The van der Waals surface area contributed by atoms with Crippen molar-refractivity contribution < 1.29 is 19.1 Å². The zero-order chi connectivity index (χ0) is 16.7. The summed E-state index contributed by atoms with van der Waals surface area (Å²) in [5, 5.41) is 10.2. The molecule has 0 aliphatic carbocycles. The van der Waals surface area contributed by atoms with Crippen LogP contribution in [0.25, 0.3) is 11.0 Å². The predicted octanol–water partition coefficient (Wildman–Crippen LogP) is 3.69. The van der Waals surface area contributed by atoms with Gasteiger partial charge in [-0.3, -0.25) is 9.59 Å². The molecule has 0 bridgehead atoms. The fraction of sp³-hybridized carbons (Fsp3) is 0.412. The third-order valence-corrected chi connectivity index (χ3v) is 4.88. The second-order valence-corrected chi connectivity index (χ2v) is 7.20. The van der Waals surface area contributed by atoms with E-state index in [0.29, 0.717) is 24.3 Å². The molecule has 23 heavy (non-hydrogen) atoms. The van der Waals surface area contributed by atoms with E-state index in [1.807, 2.05) is 32.0 Å². The van der Waals surface area contributed by atoms with Gasteiger partial charge in [0.1, 0.15) is 5.58 Å². The Morgan fingerprint density at radius 1 is 1.35 bits per heavy atom. The van der Waals surface area contributed by atoms with Crippen molar-refractivity contribution in [1.82, 2.24) is 4.90 Å². The SMILES string of the molecule is Cc1c(C(=O)N2CC(C)CC(C(=O)O)C2)oc2ccc(Br)cc12. The smallest absolute Gasteiger partial charge is 0.308 e. The normalized spacial score (nSPS) is 21.6. The summed E-state index contributed by atoms with van der Waals surface area (Å²) in [6.07, 6.45) is 0.602. The number of hydrogen-bond donors (Lipinski definition) is 1. The van der Waals surface area contributed by atoms with Crippen LogP contribution in [-0.4, -0.2) is 35.0 Å². The predicted molar refractivity (Wildman–Crippen MR) is 89.5 cm³/mol. The highest BCUT2D eigenvalue weighted by atomic mass is 79.9. The Bertz CT molecular complexity index is 782. The highest BCUT2D eigenvalue weighted by Crippen LogP contribution is 2.30. The number of aryl methyl sites for hydroxylation is 1. The maximum atomic E-state index is 12.8. The van der Waals surface area contributed by atoms with Gasteiger partial charge in [-0.1, -0.05) is 22.9 Å². The number of carboxylic acids is 1. The van der Waals surface area contributed by atoms with Crippen LogP contribution in [0.5, 0.6) is 0 Å². The van der Waals surface area contributed by atoms with Crippen molar-refractivity contribution in [1.29, 1.82) is 0 Å². The van der Waals surface area contributed by atoms with Crippen LogP contribution in [0.4, 0.5) is 0 Å². The van der Waals surface area contributed by atoms with Crippen molar-refractivity contribution in [3.63, 3.8) is 0 Å². The molecule has 1 amide bonds. The Morgan fingerprint density at radius 2 is 2.09 bits per heavy atom. The first-order valence-corrected chi connectivity index (χ1v) is 8.37. The zero-order valence-corrected chi connectivity index (χ0v) is 14.6. The Balaban J connectivity index is 1.93. The monoisotopic (exact) mass is 379 g/mol. The summed E-state index contributed by atoms with van der Waals surface area (Å²) >= 11 is 3.42. The van der Waals surface area contributed by atoms with Crippen LogP contribution in [-0.2, 0) is 4.79 Å². The first-order chi connectivity index (χ1) is 10.9. The minimum Gasteiger partial charge on any atom is -0.481 e. The molecule has 2 atom stereocenters. The minimum absolute atomic E-state index is 0.160. The molecule has 1 saturated heterocycles. The average Bonchev–Trinajstić information content (AvgIpc) is 2.82. The van der Waals surface area contributed by atoms with Gasteiger partial charge < -0.3 is 14.4 Å². The fourth-order valence-corrected chi connectivity index (χ4v) is 3.60. The summed E-state index contributed by atoms with van der Waals surface area (Å²) in [5.74, 6) is -1.13. The molecule has 2 aromatic rings. The van der Waals surface area contributed by atoms with Crippen molar-refractivity contribution in [3.05, 3.63) is 34.0 Å². The number of rotatable bonds is 2. The quantitative estimate of drug-likeness (QED) is 0.863. The molecule has 6 heteroatoms. The second-order valence-electron chi connectivity index (χ2n) is 6.28. The fourth-order valence-electron chi connectivity index (χ4n) is 3.24. The molecule has 1 aliphatic heterocycles. The Morgan fingerprint density at radius 3 is 2.78 bits per heavy atom. The Hall–Kier alpha value is -1.82. The molecule has 3 rings (SSSR count). The van der Waals surface area contributed by atoms with Crippen molar-refractivity contribution >= 4 is 38.8 Å². The van der Waals surface area contributed by atoms with Gasteiger partial charge >= 0.3 is 5.97 Å². The molecule has 2 unspecified atom stereocenters. The van der Waals surface area contributed by atoms with Crippen LogP contribution in [0.3, 0.4) is 0 Å². The number of carbonyl (C=O) groups excluding carboxylic acids is 1. The van der Waals surface area contributed by atoms with E-state index in [1.54, 1.807) is 4.90 Å². The van der Waals surface area contributed by atoms with Gasteiger partial charge in [0.2, 0.25) is 0 Å². The van der Waals surface area contributed by atoms with Crippen molar-refractivity contribution in [3.8, 4) is 0 Å². The number of hydrogen-bond acceptors (Lipinski definition) is 3. The van der Waals surface area contributed by atoms with Gasteiger partial charge in [0, 0.05) is 28.5 Å². The number of amides is 1. The number of carboxylic acid groups (broad SMARTS) is 1. The lowest BCUT2D eigenvalue weighted by Crippen LogP contribution is -2.45. The molecule has 122 valence electrons. The number of fused-ring (bicyclic) bond motifs is 1. The number of nitrogens with zero attached hydrogens (tertiary/aromatic N) is 1. The average molecular weight is 380 g/mol. The molecule has 0 saturated carbocycles. The summed E-state index contributed by atoms with van der Waals surface area (Å²) in [4.78, 5) is 25.7. The van der Waals surface area contributed by atoms with E-state index < -0.39 is 11.9 Å². The second kappa shape index (κ2) is 6.00. The van der Waals surface area contributed by atoms with Gasteiger partial charge in [0.25, 0.3) is 5.91 Å². The standard InChI is InChI=1S/C17H18BrNO4/c1-9-5-11(17(21)22)8-19(7-9)16(20)15-10(2)13-6-12(18)3-4-14(13)23-15/h3-4,6,9,11H,5,7-8H2,1-2H3,(H,21,22). The summed E-state index contributed by atoms with van der Waals surface area (Å²) in [5.41, 5.74) is 1.45. The number of furan rings is 1. The Kier molecular flexibility index (Phi) is 4.19. The number of likely N-dealkylation sites (tertiary alicyclic amines) is 1. The van der Waals surface area contributed by atoms with Gasteiger partial charge in [0.15, 0.2) is 5.76 Å². The lowest BCUT2D eigenvalue weighted by Gasteiger charge is -2.34. The largest absolute Gasteiger partial charge is 0.481 e. The molecule has 1 aliphatic rings. The molecule has 1 N–H and O–H groups in total. The van der Waals surface area contributed by atoms with Gasteiger partial charge in [-0.15, -0.1) is 0 Å². The van der Waals surface area contributed by atoms with Crippen LogP contribution in [0.15, 0.2) is 27.1 Å². The van der Waals surface area contributed by atoms with E-state index in [2.05, 4.69) is 15.9 Å². The molecule has 1 fully saturated rings. The van der Waals surface area contributed by atoms with Crippen molar-refractivity contribution in [2.24, 2.45) is 11.8 Å². The first kappa shape index (κ1) is 16.1. The van der Waals surface area contributed by atoms with Gasteiger partial charge in [-0.05, 0) is 37.5 Å². The molecule has 1 aromatic heterocycles. The number of aliphatic carboxylic acids is 1. The zero-order valence-electron chi connectivity index (χ0n) is 13.0. The lowest BCUT2D eigenvalue weighted by molar-refractivity contribution is -0.143. The molecular weight excluding hydrogens is 362 g/mol. The van der Waals surface area contributed by atoms with Crippen molar-refractivity contribution in [2.45, 2.75) is 20.3 Å². The van der Waals surface area contributed by atoms with E-state index in [-0.39, 0.29) is 18.4 Å². The minimum atomic E-state index is -0.848. The molecule has 1 aromatic carbocycles. The van der Waals surface area contributed by atoms with Gasteiger partial charge in [-0.2, -0.15) is 0 Å². The summed E-state index contributed by atoms with van der Waals surface area (Å²) in [6, 6.07) is 5.61. The summed E-state index contributed by atoms with van der Waals surface area (Å²) in [7, 11) is 0. The topological polar surface area (TPSA) is 70.8 Å². The molecule has 2 heterocycles. The number of benzene rings is 1. The van der Waals surface area contributed by atoms with E-state index in [1.165, 1.54) is 0 Å². The third kappa shape index (κ3) is 3.00. The molecule has 0 spiro atoms. The molecule has 0 radical (unpaired) electrons. The molecule has 5 nitrogen and oxygen atoms in total. The number of carbonyl (C=O) groups is 2. The van der Waals surface area contributed by atoms with Crippen LogP contribution in [0.1, 0.15) is 29.5 Å². The number of piperidine rings is 1. The van der Waals surface area contributed by atoms with Gasteiger partial charge in [-0.25, -0.2) is 0 Å². The highest BCUT2D eigenvalue weighted by Gasteiger charge is 2.34. The van der Waals surface area contributed by atoms with E-state index in [9.17, 15) is 14.7 Å². The number of halogens is 1. The van der Waals surface area contributed by atoms with E-state index >= 15 is 0 Å². The van der Waals surface area contributed by atoms with Crippen LogP contribution >= 0.6 is 15.9 Å². The summed E-state index contributed by atoms with van der Waals surface area (Å²) < 4.78 is 6.66.